The molecule has 0 aliphatic carbocycles. The Labute approximate surface area is 110 Å². The Hall–Kier alpha value is -2.37. The van der Waals surface area contributed by atoms with Gasteiger partial charge in [0.15, 0.2) is 5.82 Å². The fourth-order valence-electron chi connectivity index (χ4n) is 1.47. The van der Waals surface area contributed by atoms with Gasteiger partial charge in [0.05, 0.1) is 11.0 Å². The Balaban J connectivity index is 0.000000861. The quantitative estimate of drug-likeness (QED) is 0.785. The topological polar surface area (TPSA) is 95.1 Å². The Morgan fingerprint density at radius 1 is 1.37 bits per heavy atom. The summed E-state index contributed by atoms with van der Waals surface area (Å²) >= 11 is 0. The van der Waals surface area contributed by atoms with Crippen molar-refractivity contribution < 1.29 is 14.7 Å². The first kappa shape index (κ1) is 14.7. The Morgan fingerprint density at radius 3 is 2.68 bits per heavy atom. The molecule has 6 heteroatoms. The normalized spacial score (nSPS) is 9.63. The molecule has 0 aliphatic rings. The van der Waals surface area contributed by atoms with Crippen molar-refractivity contribution in [3.63, 3.8) is 0 Å². The van der Waals surface area contributed by atoms with Gasteiger partial charge in [-0.3, -0.25) is 9.59 Å². The van der Waals surface area contributed by atoms with Crippen molar-refractivity contribution in [3.05, 3.63) is 29.6 Å². The Morgan fingerprint density at radius 2 is 2.05 bits per heavy atom. The maximum atomic E-state index is 11.5. The number of benzene rings is 1. The van der Waals surface area contributed by atoms with Gasteiger partial charge in [0, 0.05) is 0 Å². The molecule has 0 spiro atoms. The minimum atomic E-state index is -1.09. The number of carbonyl (C=O) groups is 2. The van der Waals surface area contributed by atoms with Crippen molar-refractivity contribution in [2.75, 3.05) is 6.54 Å². The highest BCUT2D eigenvalue weighted by molar-refractivity contribution is 5.95. The van der Waals surface area contributed by atoms with Crippen molar-refractivity contribution >= 4 is 22.9 Å². The number of nitrogens with zero attached hydrogens (tertiary/aromatic N) is 1. The summed E-state index contributed by atoms with van der Waals surface area (Å²) in [6.07, 6.45) is 0. The van der Waals surface area contributed by atoms with Gasteiger partial charge in [-0.1, -0.05) is 19.9 Å². The highest BCUT2D eigenvalue weighted by atomic mass is 16.4. The van der Waals surface area contributed by atoms with E-state index < -0.39 is 18.4 Å². The average molecular weight is 263 g/mol. The number of hydrogen-bond acceptors (Lipinski definition) is 3. The van der Waals surface area contributed by atoms with Crippen LogP contribution < -0.4 is 5.32 Å². The molecule has 1 aromatic heterocycles. The summed E-state index contributed by atoms with van der Waals surface area (Å²) in [5.41, 5.74) is 2.49. The zero-order valence-corrected chi connectivity index (χ0v) is 11.2. The number of H-pyrrole nitrogens is 1. The number of carboxylic acids is 1. The van der Waals surface area contributed by atoms with E-state index in [1.165, 1.54) is 0 Å². The molecule has 0 bridgehead atoms. The zero-order valence-electron chi connectivity index (χ0n) is 11.2. The van der Waals surface area contributed by atoms with Crippen LogP contribution in [0.3, 0.4) is 0 Å². The van der Waals surface area contributed by atoms with Crippen LogP contribution in [0.1, 0.15) is 30.0 Å². The molecule has 1 aromatic carbocycles. The summed E-state index contributed by atoms with van der Waals surface area (Å²) in [5.74, 6) is -1.50. The molecule has 0 aliphatic heterocycles. The molecule has 0 radical (unpaired) electrons. The number of aromatic nitrogens is 2. The van der Waals surface area contributed by atoms with E-state index in [0.717, 1.165) is 11.1 Å². The standard InChI is InChI=1S/C11H11N3O3.C2H6/c1-6-2-3-7-8(4-6)14-10(13-7)11(17)12-5-9(15)16;1-2/h2-4H,5H2,1H3,(H,12,17)(H,13,14)(H,15,16);1-2H3. The molecule has 1 amide bonds. The second kappa shape index (κ2) is 6.53. The van der Waals surface area contributed by atoms with Crippen LogP contribution in [0, 0.1) is 6.92 Å². The van der Waals surface area contributed by atoms with Crippen molar-refractivity contribution in [3.8, 4) is 0 Å². The third-order valence-electron chi connectivity index (χ3n) is 2.25. The van der Waals surface area contributed by atoms with Crippen molar-refractivity contribution in [2.45, 2.75) is 20.8 Å². The molecule has 0 unspecified atom stereocenters. The number of rotatable bonds is 3. The molecular weight excluding hydrogens is 246 g/mol. The first-order chi connectivity index (χ1) is 9.06. The molecule has 0 saturated heterocycles. The van der Waals surface area contributed by atoms with E-state index in [-0.39, 0.29) is 5.82 Å². The Bertz CT molecular complexity index is 590. The van der Waals surface area contributed by atoms with Crippen LogP contribution in [-0.4, -0.2) is 33.5 Å². The van der Waals surface area contributed by atoms with Gasteiger partial charge in [-0.25, -0.2) is 4.98 Å². The van der Waals surface area contributed by atoms with Crippen LogP contribution in [0.5, 0.6) is 0 Å². The van der Waals surface area contributed by atoms with Crippen molar-refractivity contribution in [2.24, 2.45) is 0 Å². The molecule has 3 N–H and O–H groups in total. The second-order valence-corrected chi connectivity index (χ2v) is 3.68. The molecule has 2 rings (SSSR count). The third-order valence-corrected chi connectivity index (χ3v) is 2.25. The number of aryl methyl sites for hydroxylation is 1. The summed E-state index contributed by atoms with van der Waals surface area (Å²) in [4.78, 5) is 28.8. The largest absolute Gasteiger partial charge is 0.480 e. The lowest BCUT2D eigenvalue weighted by Crippen LogP contribution is -2.29. The van der Waals surface area contributed by atoms with Crippen molar-refractivity contribution in [1.82, 2.24) is 15.3 Å². The number of carbonyl (C=O) groups excluding carboxylic acids is 1. The molecule has 1 heterocycles. The molecule has 6 nitrogen and oxygen atoms in total. The SMILES string of the molecule is CC.Cc1ccc2nc(C(=O)NCC(=O)O)[nH]c2c1. The highest BCUT2D eigenvalue weighted by Gasteiger charge is 2.11. The van der Waals surface area contributed by atoms with Gasteiger partial charge in [-0.05, 0) is 24.6 Å². The fraction of sp³-hybridized carbons (Fsp3) is 0.308. The lowest BCUT2D eigenvalue weighted by atomic mass is 10.2. The summed E-state index contributed by atoms with van der Waals surface area (Å²) in [6.45, 7) is 5.51. The number of amides is 1. The van der Waals surface area contributed by atoms with Gasteiger partial charge in [0.1, 0.15) is 6.54 Å². The number of fused-ring (bicyclic) bond motifs is 1. The smallest absolute Gasteiger partial charge is 0.322 e. The zero-order chi connectivity index (χ0) is 14.4. The Kier molecular flexibility index (Phi) is 5.05. The van der Waals surface area contributed by atoms with Gasteiger partial charge >= 0.3 is 5.97 Å². The van der Waals surface area contributed by atoms with Crippen LogP contribution in [0.25, 0.3) is 11.0 Å². The number of aromatic amines is 1. The minimum absolute atomic E-state index is 0.117. The second-order valence-electron chi connectivity index (χ2n) is 3.68. The molecular formula is C13H17N3O3. The van der Waals surface area contributed by atoms with Crippen LogP contribution in [-0.2, 0) is 4.79 Å². The predicted molar refractivity (Wildman–Crippen MR) is 72.1 cm³/mol. The number of imidazole rings is 1. The highest BCUT2D eigenvalue weighted by Crippen LogP contribution is 2.12. The monoisotopic (exact) mass is 263 g/mol. The minimum Gasteiger partial charge on any atom is -0.480 e. The van der Waals surface area contributed by atoms with E-state index >= 15 is 0 Å². The third kappa shape index (κ3) is 3.80. The average Bonchev–Trinajstić information content (AvgIpc) is 2.81. The maximum Gasteiger partial charge on any atom is 0.322 e. The molecule has 2 aromatic rings. The predicted octanol–water partition coefficient (Wildman–Crippen LogP) is 1.71. The molecule has 0 fully saturated rings. The summed E-state index contributed by atoms with van der Waals surface area (Å²) < 4.78 is 0. The molecule has 19 heavy (non-hydrogen) atoms. The van der Waals surface area contributed by atoms with Crippen LogP contribution in [0.15, 0.2) is 18.2 Å². The summed E-state index contributed by atoms with van der Waals surface area (Å²) in [7, 11) is 0. The number of carboxylic acid groups (broad SMARTS) is 1. The van der Waals surface area contributed by atoms with Crippen LogP contribution >= 0.6 is 0 Å². The van der Waals surface area contributed by atoms with Gasteiger partial charge in [0.25, 0.3) is 5.91 Å². The van der Waals surface area contributed by atoms with Gasteiger partial charge < -0.3 is 15.4 Å². The van der Waals surface area contributed by atoms with Gasteiger partial charge in [-0.2, -0.15) is 0 Å². The summed E-state index contributed by atoms with van der Waals surface area (Å²) in [5, 5.41) is 10.7. The van der Waals surface area contributed by atoms with Gasteiger partial charge in [-0.15, -0.1) is 0 Å². The van der Waals surface area contributed by atoms with Gasteiger partial charge in [0.2, 0.25) is 0 Å². The van der Waals surface area contributed by atoms with Crippen LogP contribution in [0.4, 0.5) is 0 Å². The van der Waals surface area contributed by atoms with E-state index in [4.69, 9.17) is 5.11 Å². The van der Waals surface area contributed by atoms with E-state index in [2.05, 4.69) is 15.3 Å². The molecule has 0 atom stereocenters. The first-order valence-electron chi connectivity index (χ1n) is 6.02. The fourth-order valence-corrected chi connectivity index (χ4v) is 1.47. The van der Waals surface area contributed by atoms with Crippen LogP contribution in [0.2, 0.25) is 0 Å². The van der Waals surface area contributed by atoms with E-state index in [9.17, 15) is 9.59 Å². The first-order valence-corrected chi connectivity index (χ1v) is 6.02. The maximum absolute atomic E-state index is 11.5. The molecule has 0 saturated carbocycles. The van der Waals surface area contributed by atoms with E-state index in [1.54, 1.807) is 6.07 Å². The van der Waals surface area contributed by atoms with Crippen molar-refractivity contribution in [1.29, 1.82) is 0 Å². The lowest BCUT2D eigenvalue weighted by Gasteiger charge is -1.97. The van der Waals surface area contributed by atoms with E-state index in [0.29, 0.717) is 5.52 Å². The summed E-state index contributed by atoms with van der Waals surface area (Å²) in [6, 6.07) is 5.56. The molecule has 102 valence electrons. The number of aliphatic carboxylic acids is 1. The number of hydrogen-bond donors (Lipinski definition) is 3. The lowest BCUT2D eigenvalue weighted by molar-refractivity contribution is -0.135. The van der Waals surface area contributed by atoms with E-state index in [1.807, 2.05) is 32.9 Å². The number of nitrogens with one attached hydrogen (secondary N) is 2.